The number of rotatable bonds is 6. The first-order chi connectivity index (χ1) is 10.8. The predicted octanol–water partition coefficient (Wildman–Crippen LogP) is -0.567. The van der Waals surface area contributed by atoms with Gasteiger partial charge in [0.15, 0.2) is 0 Å². The normalized spacial score (nSPS) is 28.1. The third-order valence-corrected chi connectivity index (χ3v) is 5.67. The first-order valence-electron chi connectivity index (χ1n) is 9.29. The van der Waals surface area contributed by atoms with Crippen LogP contribution in [-0.2, 0) is 0 Å². The summed E-state index contributed by atoms with van der Waals surface area (Å²) in [6.07, 6.45) is 7.56. The summed E-state index contributed by atoms with van der Waals surface area (Å²) in [7, 11) is 0. The minimum Gasteiger partial charge on any atom is -0.326 e. The number of aromatic nitrogens is 4. The van der Waals surface area contributed by atoms with E-state index in [9.17, 15) is 0 Å². The van der Waals surface area contributed by atoms with Crippen LogP contribution in [0.25, 0.3) is 0 Å². The van der Waals surface area contributed by atoms with Crippen molar-refractivity contribution < 1.29 is 9.80 Å². The summed E-state index contributed by atoms with van der Waals surface area (Å²) in [5.41, 5.74) is 0. The highest BCUT2D eigenvalue weighted by Crippen LogP contribution is 2.30. The number of quaternary nitrogens is 2. The number of hydrogen-bond acceptors (Lipinski definition) is 3. The molecule has 6 nitrogen and oxygen atoms in total. The molecule has 1 saturated carbocycles. The van der Waals surface area contributed by atoms with Gasteiger partial charge in [-0.2, -0.15) is 0 Å². The maximum absolute atomic E-state index is 4.47. The first kappa shape index (κ1) is 15.9. The van der Waals surface area contributed by atoms with E-state index in [4.69, 9.17) is 0 Å². The molecule has 1 aliphatic heterocycles. The van der Waals surface area contributed by atoms with Crippen molar-refractivity contribution in [1.29, 1.82) is 0 Å². The number of piperazine rings is 1. The average Bonchev–Trinajstić information content (AvgIpc) is 3.23. The molecule has 1 atom stereocenters. The molecule has 0 aromatic carbocycles. The second-order valence-corrected chi connectivity index (χ2v) is 7.02. The van der Waals surface area contributed by atoms with Gasteiger partial charge in [-0.25, -0.2) is 4.68 Å². The van der Waals surface area contributed by atoms with Crippen molar-refractivity contribution in [2.75, 3.05) is 32.7 Å². The van der Waals surface area contributed by atoms with Gasteiger partial charge in [-0.1, -0.05) is 26.2 Å². The van der Waals surface area contributed by atoms with Crippen LogP contribution in [0.2, 0.25) is 0 Å². The van der Waals surface area contributed by atoms with E-state index in [0.29, 0.717) is 12.1 Å². The molecule has 124 valence electrons. The Morgan fingerprint density at radius 1 is 1.14 bits per heavy atom. The molecule has 1 saturated heterocycles. The Bertz CT molecular complexity index is 445. The second-order valence-electron chi connectivity index (χ2n) is 7.02. The Kier molecular flexibility index (Phi) is 5.41. The Labute approximate surface area is 133 Å². The number of tetrazole rings is 1. The zero-order chi connectivity index (χ0) is 15.4. The van der Waals surface area contributed by atoms with E-state index in [1.807, 2.05) is 0 Å². The molecule has 0 radical (unpaired) electrons. The van der Waals surface area contributed by atoms with Gasteiger partial charge in [0.05, 0.1) is 12.6 Å². The molecule has 0 spiro atoms. The van der Waals surface area contributed by atoms with E-state index in [-0.39, 0.29) is 0 Å². The summed E-state index contributed by atoms with van der Waals surface area (Å²) in [6.45, 7) is 10.9. The van der Waals surface area contributed by atoms with Gasteiger partial charge in [0.25, 0.3) is 0 Å². The third-order valence-electron chi connectivity index (χ3n) is 5.67. The SMILES string of the molecule is CCC[C@@H](c1nnnn1C1CCCC1)[NH+]1CC[NH+](CC)CC1. The van der Waals surface area contributed by atoms with Gasteiger partial charge in [-0.15, -0.1) is 5.10 Å². The maximum Gasteiger partial charge on any atom is 0.209 e. The van der Waals surface area contributed by atoms with Gasteiger partial charge in [0.1, 0.15) is 32.2 Å². The molecule has 2 aliphatic rings. The third kappa shape index (κ3) is 3.33. The fourth-order valence-corrected chi connectivity index (χ4v) is 4.27. The zero-order valence-corrected chi connectivity index (χ0v) is 14.2. The van der Waals surface area contributed by atoms with Crippen molar-refractivity contribution in [2.45, 2.75) is 64.5 Å². The van der Waals surface area contributed by atoms with E-state index in [1.54, 1.807) is 9.80 Å². The molecule has 6 heteroatoms. The van der Waals surface area contributed by atoms with Crippen LogP contribution in [0.15, 0.2) is 0 Å². The maximum atomic E-state index is 4.47. The summed E-state index contributed by atoms with van der Waals surface area (Å²) in [6, 6.07) is 1.03. The van der Waals surface area contributed by atoms with Gasteiger partial charge >= 0.3 is 0 Å². The van der Waals surface area contributed by atoms with Crippen LogP contribution in [0.4, 0.5) is 0 Å². The highest BCUT2D eigenvalue weighted by atomic mass is 15.6. The first-order valence-corrected chi connectivity index (χ1v) is 9.29. The van der Waals surface area contributed by atoms with Gasteiger partial charge in [-0.05, 0) is 30.2 Å². The topological polar surface area (TPSA) is 52.5 Å². The summed E-state index contributed by atoms with van der Waals surface area (Å²) >= 11 is 0. The monoisotopic (exact) mass is 308 g/mol. The van der Waals surface area contributed by atoms with Gasteiger partial charge in [-0.3, -0.25) is 0 Å². The van der Waals surface area contributed by atoms with E-state index < -0.39 is 0 Å². The standard InChI is InChI=1S/C16H30N6/c1-3-7-15(21-12-10-20(4-2)11-13-21)16-17-18-19-22(16)14-8-5-6-9-14/h14-15H,3-13H2,1-2H3/p+2/t15-/m0/s1. The summed E-state index contributed by atoms with van der Waals surface area (Å²) in [5.74, 6) is 1.16. The molecule has 2 heterocycles. The minimum absolute atomic E-state index is 0.485. The molecule has 2 fully saturated rings. The van der Waals surface area contributed by atoms with Crippen molar-refractivity contribution in [3.05, 3.63) is 5.82 Å². The van der Waals surface area contributed by atoms with Gasteiger partial charge < -0.3 is 9.80 Å². The van der Waals surface area contributed by atoms with Crippen molar-refractivity contribution in [2.24, 2.45) is 0 Å². The summed E-state index contributed by atoms with van der Waals surface area (Å²) in [4.78, 5) is 3.45. The lowest BCUT2D eigenvalue weighted by molar-refractivity contribution is -1.03. The molecule has 3 rings (SSSR count). The van der Waals surface area contributed by atoms with E-state index >= 15 is 0 Å². The Morgan fingerprint density at radius 2 is 1.86 bits per heavy atom. The molecule has 0 amide bonds. The fraction of sp³-hybridized carbons (Fsp3) is 0.938. The van der Waals surface area contributed by atoms with E-state index in [0.717, 1.165) is 5.82 Å². The van der Waals surface area contributed by atoms with E-state index in [1.165, 1.54) is 71.2 Å². The molecule has 1 aromatic heterocycles. The van der Waals surface area contributed by atoms with Crippen LogP contribution in [0.1, 0.15) is 70.3 Å². The molecule has 0 unspecified atom stereocenters. The van der Waals surface area contributed by atoms with Crippen LogP contribution in [0, 0.1) is 0 Å². The lowest BCUT2D eigenvalue weighted by Crippen LogP contribution is -3.28. The fourth-order valence-electron chi connectivity index (χ4n) is 4.27. The molecule has 1 aromatic rings. The molecular formula is C16H32N6+2. The Balaban J connectivity index is 1.75. The number of hydrogen-bond donors (Lipinski definition) is 2. The van der Waals surface area contributed by atoms with Gasteiger partial charge in [0.2, 0.25) is 5.82 Å². The Hall–Kier alpha value is -1.01. The quantitative estimate of drug-likeness (QED) is 0.740. The number of nitrogens with zero attached hydrogens (tertiary/aromatic N) is 4. The Morgan fingerprint density at radius 3 is 2.50 bits per heavy atom. The molecule has 2 N–H and O–H groups in total. The minimum atomic E-state index is 0.485. The van der Waals surface area contributed by atoms with Crippen LogP contribution in [0.3, 0.4) is 0 Å². The van der Waals surface area contributed by atoms with Crippen LogP contribution in [-0.4, -0.2) is 52.9 Å². The van der Waals surface area contributed by atoms with E-state index in [2.05, 4.69) is 34.1 Å². The van der Waals surface area contributed by atoms with Crippen LogP contribution in [0.5, 0.6) is 0 Å². The van der Waals surface area contributed by atoms with Gasteiger partial charge in [0, 0.05) is 6.42 Å². The van der Waals surface area contributed by atoms with Crippen molar-refractivity contribution in [1.82, 2.24) is 20.2 Å². The lowest BCUT2D eigenvalue weighted by atomic mass is 10.1. The zero-order valence-electron chi connectivity index (χ0n) is 14.2. The van der Waals surface area contributed by atoms with Crippen molar-refractivity contribution in [3.63, 3.8) is 0 Å². The number of likely N-dealkylation sites (N-methyl/N-ethyl adjacent to an activating group) is 1. The summed E-state index contributed by atoms with van der Waals surface area (Å²) < 4.78 is 2.18. The van der Waals surface area contributed by atoms with Crippen molar-refractivity contribution in [3.8, 4) is 0 Å². The lowest BCUT2D eigenvalue weighted by Gasteiger charge is -2.34. The van der Waals surface area contributed by atoms with Crippen LogP contribution < -0.4 is 9.80 Å². The highest BCUT2D eigenvalue weighted by Gasteiger charge is 2.34. The average molecular weight is 308 g/mol. The van der Waals surface area contributed by atoms with Crippen molar-refractivity contribution >= 4 is 0 Å². The largest absolute Gasteiger partial charge is 0.326 e. The predicted molar refractivity (Wildman–Crippen MR) is 84.9 cm³/mol. The summed E-state index contributed by atoms with van der Waals surface area (Å²) in [5, 5.41) is 12.9. The number of nitrogens with one attached hydrogen (secondary N) is 2. The highest BCUT2D eigenvalue weighted by molar-refractivity contribution is 4.91. The molecular weight excluding hydrogens is 276 g/mol. The van der Waals surface area contributed by atoms with Crippen LogP contribution >= 0.6 is 0 Å². The smallest absolute Gasteiger partial charge is 0.209 e. The second kappa shape index (κ2) is 7.51. The molecule has 22 heavy (non-hydrogen) atoms. The molecule has 0 bridgehead atoms. The molecule has 1 aliphatic carbocycles.